The van der Waals surface area contributed by atoms with E-state index in [2.05, 4.69) is 172 Å². The van der Waals surface area contributed by atoms with Crippen LogP contribution in [0.5, 0.6) is 0 Å². The Morgan fingerprint density at radius 2 is 0.689 bits per heavy atom. The predicted octanol–water partition coefficient (Wildman–Crippen LogP) is 18.0. The van der Waals surface area contributed by atoms with Crippen LogP contribution in [0, 0.1) is 74.0 Å². The summed E-state index contributed by atoms with van der Waals surface area (Å²) in [6.07, 6.45) is 67.0. The van der Waals surface area contributed by atoms with Gasteiger partial charge in [-0.3, -0.25) is 0 Å². The first-order valence-electron chi connectivity index (χ1n) is 22.7. The molecule has 0 amide bonds. The minimum absolute atomic E-state index is 0. The molecule has 0 saturated heterocycles. The van der Waals surface area contributed by atoms with Crippen molar-refractivity contribution in [3.8, 4) is 0 Å². The fraction of sp³-hybridized carbons (Fsp3) is 0.509. The van der Waals surface area contributed by atoms with Crippen molar-refractivity contribution in [3.05, 3.63) is 161 Å². The molecule has 10 aliphatic carbocycles. The Morgan fingerprint density at radius 1 is 0.377 bits per heavy atom. The fourth-order valence-electron chi connectivity index (χ4n) is 12.7. The minimum atomic E-state index is -1.67. The normalized spacial score (nSPS) is 36.8. The molecule has 0 aromatic rings. The first-order chi connectivity index (χ1) is 28.2. The summed E-state index contributed by atoms with van der Waals surface area (Å²) in [5.74, 6) is 7.95. The zero-order valence-electron chi connectivity index (χ0n) is 38.4. The van der Waals surface area contributed by atoms with Gasteiger partial charge in [0.1, 0.15) is 0 Å². The third kappa shape index (κ3) is 13.6. The first-order valence-corrected chi connectivity index (χ1v) is 40.4. The van der Waals surface area contributed by atoms with Crippen molar-refractivity contribution in [2.45, 2.75) is 106 Å². The molecule has 0 bridgehead atoms. The van der Waals surface area contributed by atoms with E-state index in [4.69, 9.17) is 39.2 Å². The molecule has 14 atom stereocenters. The van der Waals surface area contributed by atoms with E-state index >= 15 is 0 Å². The summed E-state index contributed by atoms with van der Waals surface area (Å²) in [6, 6.07) is 0. The average Bonchev–Trinajstić information content (AvgIpc) is 4.06. The molecule has 0 radical (unpaired) electrons. The van der Waals surface area contributed by atoms with Gasteiger partial charge in [-0.15, -0.1) is 22.2 Å². The summed E-state index contributed by atoms with van der Waals surface area (Å²) in [4.78, 5) is 0. The van der Waals surface area contributed by atoms with E-state index in [1.54, 1.807) is 0 Å². The second-order valence-corrected chi connectivity index (χ2v) is 42.9. The molecule has 13 unspecified atom stereocenters. The zero-order chi connectivity index (χ0) is 42.2. The Morgan fingerprint density at radius 3 is 1.07 bits per heavy atom. The van der Waals surface area contributed by atoms with Gasteiger partial charge in [0.2, 0.25) is 6.69 Å². The number of hydrogen-bond acceptors (Lipinski definition) is 0. The molecule has 0 N–H and O–H groups in total. The van der Waals surface area contributed by atoms with Gasteiger partial charge in [-0.25, -0.2) is 0 Å². The molecule has 0 aromatic heterocycles. The van der Waals surface area contributed by atoms with Crippen molar-refractivity contribution < 1.29 is 20.8 Å². The predicted molar refractivity (Wildman–Crippen MR) is 281 cm³/mol. The van der Waals surface area contributed by atoms with Crippen molar-refractivity contribution in [1.29, 1.82) is 0 Å². The van der Waals surface area contributed by atoms with Gasteiger partial charge in [0.25, 0.3) is 0 Å². The summed E-state index contributed by atoms with van der Waals surface area (Å²) in [7, 11) is 7.25. The summed E-state index contributed by atoms with van der Waals surface area (Å²) in [6.45, 7) is 12.7. The molecule has 3 saturated carbocycles. The first kappa shape index (κ1) is 53.2. The Kier molecular flexibility index (Phi) is 21.3. The van der Waals surface area contributed by atoms with E-state index in [9.17, 15) is 0 Å². The van der Waals surface area contributed by atoms with Crippen LogP contribution in [0.15, 0.2) is 146 Å². The van der Waals surface area contributed by atoms with Crippen molar-refractivity contribution in [2.75, 3.05) is 0 Å². The fourth-order valence-corrected chi connectivity index (χ4v) is 22.1. The van der Waals surface area contributed by atoms with Crippen LogP contribution in [0.25, 0.3) is 0 Å². The maximum absolute atomic E-state index is 5.43. The number of fused-ring (bicyclic) bond motifs is 5. The van der Waals surface area contributed by atoms with Crippen LogP contribution >= 0.6 is 39.2 Å². The topological polar surface area (TPSA) is 0 Å². The van der Waals surface area contributed by atoms with Gasteiger partial charge >= 0.3 is 37.9 Å². The second kappa shape index (κ2) is 24.4. The third-order valence-corrected chi connectivity index (χ3v) is 25.3. The van der Waals surface area contributed by atoms with Crippen LogP contribution in [0.1, 0.15) is 44.9 Å². The molecule has 10 rings (SSSR count). The summed E-state index contributed by atoms with van der Waals surface area (Å²) in [5.41, 5.74) is 3.56. The number of rotatable bonds is 4. The van der Waals surface area contributed by atoms with Crippen molar-refractivity contribution in [3.63, 3.8) is 0 Å². The van der Waals surface area contributed by atoms with E-state index in [0.29, 0.717) is 23.7 Å². The van der Waals surface area contributed by atoms with Crippen molar-refractivity contribution in [1.82, 2.24) is 0 Å². The van der Waals surface area contributed by atoms with E-state index in [1.807, 2.05) is 13.1 Å². The Balaban J connectivity index is 0.000000192. The van der Waals surface area contributed by atoms with Gasteiger partial charge in [-0.1, -0.05) is 191 Å². The number of halogens is 4. The van der Waals surface area contributed by atoms with E-state index in [1.165, 1.54) is 44.9 Å². The van der Waals surface area contributed by atoms with Gasteiger partial charge < -0.3 is 14.9 Å². The van der Waals surface area contributed by atoms with E-state index < -0.39 is 43.7 Å². The Labute approximate surface area is 405 Å². The van der Waals surface area contributed by atoms with Gasteiger partial charge in [0.15, 0.2) is 0 Å². The van der Waals surface area contributed by atoms with Crippen LogP contribution < -0.4 is 0 Å². The molecule has 8 heteroatoms. The number of allylic oxidation sites excluding steroid dienone is 24. The van der Waals surface area contributed by atoms with Crippen LogP contribution in [0.2, 0.25) is 61.4 Å². The summed E-state index contributed by atoms with van der Waals surface area (Å²) in [5, 5.41) is 0. The Hall–Kier alpha value is -0.426. The van der Waals surface area contributed by atoms with Crippen molar-refractivity contribution in [2.24, 2.45) is 59.2 Å². The SMILES string of the molecule is C1=CC2CCCC2C=C1.C[Si](C)(C1C=CC2C=CC=CC21)[C@@H]1C=CC2C=CC=CC21.C[Si](C)(C1CCC2C=CC=CC21)C1CCC2C=CC=CC21.C[Si](C)(Cl)Cl.[CH3-].[CH3-].[Cl][Zr+2][Cl]. The maximum atomic E-state index is 5.43. The zero-order valence-corrected chi connectivity index (χ0v) is 46.9. The molecule has 61 heavy (non-hydrogen) atoms. The number of hydrogen-bond donors (Lipinski definition) is 0. The van der Waals surface area contributed by atoms with Crippen molar-refractivity contribution >= 4 is 62.0 Å². The molecule has 0 aliphatic heterocycles. The average molecular weight is 1030 g/mol. The third-order valence-electron chi connectivity index (χ3n) is 15.6. The standard InChI is InChI=1S/C20H28Si.C20H24Si.C9H12.C2H6Cl2Si.2CH3.2ClH.Zr/c2*1-21(2,19-13-11-15-7-3-5-9-17(15)19)20-14-12-16-8-4-6-10-18(16)20;1-2-5-9-7-3-6-8(9)4-1;1-5(2,3)4;;;;;/h3-10,15-20H,11-14H2,1-2H3;3-20H,1-2H3;1-2,4-5,8-9H,3,6-7H2;1-2H3;2*1H3;2*1H;/q;;;;2*-1;;;+4/p-2/t;15?,16?,17?,18?,19-,20?;;;;;;;/m.1......./s1. The summed E-state index contributed by atoms with van der Waals surface area (Å²) < 4.78 is 0. The molecule has 10 aliphatic rings. The van der Waals surface area contributed by atoms with Crippen LogP contribution in [-0.4, -0.2) is 22.8 Å². The molecular weight excluding hydrogens is 954 g/mol. The van der Waals surface area contributed by atoms with Gasteiger partial charge in [-0.2, -0.15) is 0 Å². The van der Waals surface area contributed by atoms with E-state index in [0.717, 1.165) is 57.7 Å². The second-order valence-electron chi connectivity index (χ2n) is 20.1. The van der Waals surface area contributed by atoms with Gasteiger partial charge in [-0.05, 0) is 108 Å². The van der Waals surface area contributed by atoms with Crippen LogP contribution in [0.3, 0.4) is 0 Å². The van der Waals surface area contributed by atoms with Crippen LogP contribution in [-0.2, 0) is 20.8 Å². The Bertz CT molecular complexity index is 1650. The van der Waals surface area contributed by atoms with Crippen LogP contribution in [0.4, 0.5) is 0 Å². The summed E-state index contributed by atoms with van der Waals surface area (Å²) >= 11 is 10.0. The molecule has 0 aromatic carbocycles. The monoisotopic (exact) mass is 1030 g/mol. The molecule has 3 fully saturated rings. The van der Waals surface area contributed by atoms with E-state index in [-0.39, 0.29) is 14.9 Å². The molecule has 0 heterocycles. The quantitative estimate of drug-likeness (QED) is 0.114. The van der Waals surface area contributed by atoms with Gasteiger partial charge in [0.05, 0.1) is 16.1 Å². The molecule has 332 valence electrons. The molecule has 0 spiro atoms. The van der Waals surface area contributed by atoms with Gasteiger partial charge in [0, 0.05) is 11.8 Å². The molecular formula is C53H76Cl4Si3Zr. The molecule has 0 nitrogen and oxygen atoms in total.